The number of hydrogen-bond acceptors (Lipinski definition) is 2. The molecular weight excluding hydrogens is 138 g/mol. The lowest BCUT2D eigenvalue weighted by molar-refractivity contribution is 0.0644. The monoisotopic (exact) mass is 150 g/mol. The molecule has 1 N–H and O–H groups in total. The van der Waals surface area contributed by atoms with Gasteiger partial charge in [-0.15, -0.1) is 0 Å². The maximum atomic E-state index is 12.0. The Morgan fingerprint density at radius 1 is 1.60 bits per heavy atom. The molecule has 1 saturated heterocycles. The molecule has 1 atom stereocenters. The Hall–Kier alpha value is -0.220. The summed E-state index contributed by atoms with van der Waals surface area (Å²) in [5.41, 5.74) is 0. The number of nitrogens with zero attached hydrogens (tertiary/aromatic N) is 1. The normalized spacial score (nSPS) is 29.4. The first kappa shape index (κ1) is 7.88. The molecule has 0 amide bonds. The number of rotatable bonds is 1. The lowest BCUT2D eigenvalue weighted by Gasteiger charge is -2.30. The topological polar surface area (TPSA) is 15.3 Å². The molecular formula is C6H12F2N2. The van der Waals surface area contributed by atoms with Gasteiger partial charge >= 0.3 is 0 Å². The fourth-order valence-corrected chi connectivity index (χ4v) is 1.10. The average molecular weight is 150 g/mol. The summed E-state index contributed by atoms with van der Waals surface area (Å²) in [5, 5.41) is 2.76. The van der Waals surface area contributed by atoms with Gasteiger partial charge in [-0.1, -0.05) is 0 Å². The standard InChI is InChI=1S/C6H12F2N2/c1-10-3-2-9-5(4-10)6(7)8/h5-6,9H,2-4H2,1H3. The van der Waals surface area contributed by atoms with Crippen molar-refractivity contribution in [2.45, 2.75) is 12.5 Å². The van der Waals surface area contributed by atoms with E-state index in [9.17, 15) is 8.78 Å². The molecule has 0 aromatic heterocycles. The van der Waals surface area contributed by atoms with Crippen molar-refractivity contribution >= 4 is 0 Å². The highest BCUT2D eigenvalue weighted by Crippen LogP contribution is 2.05. The van der Waals surface area contributed by atoms with Crippen LogP contribution in [-0.2, 0) is 0 Å². The summed E-state index contributed by atoms with van der Waals surface area (Å²) in [5.74, 6) is 0. The van der Waals surface area contributed by atoms with Crippen LogP contribution in [-0.4, -0.2) is 44.0 Å². The summed E-state index contributed by atoms with van der Waals surface area (Å²) in [6.07, 6.45) is -2.23. The zero-order chi connectivity index (χ0) is 7.56. The average Bonchev–Trinajstić information content (AvgIpc) is 1.88. The first-order valence-electron chi connectivity index (χ1n) is 3.40. The third-order valence-corrected chi connectivity index (χ3v) is 1.71. The van der Waals surface area contributed by atoms with Gasteiger partial charge in [0.1, 0.15) is 0 Å². The Kier molecular flexibility index (Phi) is 2.56. The van der Waals surface area contributed by atoms with Crippen molar-refractivity contribution in [3.8, 4) is 0 Å². The van der Waals surface area contributed by atoms with E-state index in [-0.39, 0.29) is 0 Å². The fourth-order valence-electron chi connectivity index (χ4n) is 1.10. The van der Waals surface area contributed by atoms with E-state index in [2.05, 4.69) is 5.32 Å². The quantitative estimate of drug-likeness (QED) is 0.572. The molecule has 4 heteroatoms. The summed E-state index contributed by atoms with van der Waals surface area (Å²) in [6, 6.07) is -0.626. The minimum Gasteiger partial charge on any atom is -0.307 e. The van der Waals surface area contributed by atoms with Crippen molar-refractivity contribution in [1.29, 1.82) is 0 Å². The van der Waals surface area contributed by atoms with Gasteiger partial charge in [0, 0.05) is 19.6 Å². The van der Waals surface area contributed by atoms with Crippen molar-refractivity contribution in [2.24, 2.45) is 0 Å². The van der Waals surface area contributed by atoms with Crippen molar-refractivity contribution in [3.05, 3.63) is 0 Å². The molecule has 10 heavy (non-hydrogen) atoms. The van der Waals surface area contributed by atoms with Gasteiger partial charge in [0.15, 0.2) is 0 Å². The molecule has 0 saturated carbocycles. The Morgan fingerprint density at radius 2 is 2.30 bits per heavy atom. The number of halogens is 2. The fraction of sp³-hybridized carbons (Fsp3) is 1.00. The van der Waals surface area contributed by atoms with Crippen LogP contribution in [0.3, 0.4) is 0 Å². The molecule has 1 rings (SSSR count). The van der Waals surface area contributed by atoms with Crippen LogP contribution in [0.15, 0.2) is 0 Å². The van der Waals surface area contributed by atoms with Crippen LogP contribution >= 0.6 is 0 Å². The molecule has 0 aromatic rings. The summed E-state index contributed by atoms with van der Waals surface area (Å²) in [7, 11) is 1.86. The van der Waals surface area contributed by atoms with Gasteiger partial charge in [0.2, 0.25) is 0 Å². The van der Waals surface area contributed by atoms with E-state index < -0.39 is 12.5 Å². The van der Waals surface area contributed by atoms with Gasteiger partial charge in [-0.25, -0.2) is 8.78 Å². The maximum absolute atomic E-state index is 12.0. The zero-order valence-electron chi connectivity index (χ0n) is 5.98. The number of nitrogens with one attached hydrogen (secondary N) is 1. The highest BCUT2D eigenvalue weighted by molar-refractivity contribution is 4.78. The van der Waals surface area contributed by atoms with E-state index in [0.29, 0.717) is 13.1 Å². The highest BCUT2D eigenvalue weighted by atomic mass is 19.3. The SMILES string of the molecule is CN1CCNC(C(F)F)C1. The van der Waals surface area contributed by atoms with Gasteiger partial charge in [0.25, 0.3) is 6.43 Å². The van der Waals surface area contributed by atoms with Crippen LogP contribution in [0.5, 0.6) is 0 Å². The number of likely N-dealkylation sites (N-methyl/N-ethyl adjacent to an activating group) is 1. The van der Waals surface area contributed by atoms with Crippen LogP contribution in [0.4, 0.5) is 8.78 Å². The molecule has 0 radical (unpaired) electrons. The van der Waals surface area contributed by atoms with E-state index in [1.807, 2.05) is 11.9 Å². The molecule has 60 valence electrons. The molecule has 1 aliphatic rings. The Balaban J connectivity index is 2.32. The molecule has 2 nitrogen and oxygen atoms in total. The smallest absolute Gasteiger partial charge is 0.254 e. The number of piperazine rings is 1. The van der Waals surface area contributed by atoms with Crippen LogP contribution in [0.25, 0.3) is 0 Å². The Morgan fingerprint density at radius 3 is 2.70 bits per heavy atom. The van der Waals surface area contributed by atoms with E-state index in [1.165, 1.54) is 0 Å². The van der Waals surface area contributed by atoms with Crippen molar-refractivity contribution in [3.63, 3.8) is 0 Å². The summed E-state index contributed by atoms with van der Waals surface area (Å²) in [6.45, 7) is 1.99. The molecule has 1 fully saturated rings. The molecule has 1 unspecified atom stereocenters. The van der Waals surface area contributed by atoms with Gasteiger partial charge in [0.05, 0.1) is 6.04 Å². The predicted molar refractivity (Wildman–Crippen MR) is 35.3 cm³/mol. The van der Waals surface area contributed by atoms with E-state index in [0.717, 1.165) is 6.54 Å². The van der Waals surface area contributed by atoms with Gasteiger partial charge in [-0.05, 0) is 7.05 Å². The lowest BCUT2D eigenvalue weighted by Crippen LogP contribution is -2.52. The Labute approximate surface area is 59.2 Å². The Bertz CT molecular complexity index is 108. The molecule has 0 bridgehead atoms. The second-order valence-corrected chi connectivity index (χ2v) is 2.66. The van der Waals surface area contributed by atoms with E-state index in [1.54, 1.807) is 0 Å². The first-order valence-corrected chi connectivity index (χ1v) is 3.40. The molecule has 0 spiro atoms. The highest BCUT2D eigenvalue weighted by Gasteiger charge is 2.24. The van der Waals surface area contributed by atoms with Crippen molar-refractivity contribution in [1.82, 2.24) is 10.2 Å². The van der Waals surface area contributed by atoms with Crippen LogP contribution in [0.2, 0.25) is 0 Å². The van der Waals surface area contributed by atoms with E-state index in [4.69, 9.17) is 0 Å². The molecule has 0 aliphatic carbocycles. The molecule has 0 aromatic carbocycles. The van der Waals surface area contributed by atoms with Crippen LogP contribution in [0, 0.1) is 0 Å². The second-order valence-electron chi connectivity index (χ2n) is 2.66. The van der Waals surface area contributed by atoms with Gasteiger partial charge in [-0.3, -0.25) is 0 Å². The minimum atomic E-state index is -2.23. The summed E-state index contributed by atoms with van der Waals surface area (Å²) in [4.78, 5) is 1.91. The third kappa shape index (κ3) is 1.88. The van der Waals surface area contributed by atoms with Crippen molar-refractivity contribution < 1.29 is 8.78 Å². The van der Waals surface area contributed by atoms with Crippen molar-refractivity contribution in [2.75, 3.05) is 26.7 Å². The summed E-state index contributed by atoms with van der Waals surface area (Å²) >= 11 is 0. The van der Waals surface area contributed by atoms with Gasteiger partial charge in [-0.2, -0.15) is 0 Å². The predicted octanol–water partition coefficient (Wildman–Crippen LogP) is 0.155. The van der Waals surface area contributed by atoms with Crippen LogP contribution < -0.4 is 5.32 Å². The molecule has 1 heterocycles. The minimum absolute atomic E-state index is 0.456. The third-order valence-electron chi connectivity index (χ3n) is 1.71. The largest absolute Gasteiger partial charge is 0.307 e. The van der Waals surface area contributed by atoms with E-state index >= 15 is 0 Å². The first-order chi connectivity index (χ1) is 4.70. The molecule has 1 aliphatic heterocycles. The lowest BCUT2D eigenvalue weighted by atomic mass is 10.2. The zero-order valence-corrected chi connectivity index (χ0v) is 5.98. The second kappa shape index (κ2) is 3.25. The number of hydrogen-bond donors (Lipinski definition) is 1. The maximum Gasteiger partial charge on any atom is 0.254 e. The van der Waals surface area contributed by atoms with Crippen LogP contribution in [0.1, 0.15) is 0 Å². The van der Waals surface area contributed by atoms with Gasteiger partial charge < -0.3 is 10.2 Å². The summed E-state index contributed by atoms with van der Waals surface area (Å²) < 4.78 is 24.0. The number of alkyl halides is 2.